The Balaban J connectivity index is 0.00000259. The second kappa shape index (κ2) is 9.58. The molecule has 3 nitrogen and oxygen atoms in total. The van der Waals surface area contributed by atoms with Gasteiger partial charge in [-0.2, -0.15) is 0 Å². The highest BCUT2D eigenvalue weighted by atomic mass is 35.5. The van der Waals surface area contributed by atoms with Crippen LogP contribution in [0.1, 0.15) is 0 Å². The first kappa shape index (κ1) is 23.9. The topological polar surface area (TPSA) is 34.4 Å². The van der Waals surface area contributed by atoms with Crippen LogP contribution in [0.5, 0.6) is 0 Å². The van der Waals surface area contributed by atoms with Crippen LogP contribution in [0.2, 0.25) is 9.36 Å². The minimum Gasteiger partial charge on any atom is -1.00 e. The molecule has 0 aliphatic carbocycles. The molecule has 0 spiro atoms. The first-order valence-electron chi connectivity index (χ1n) is 9.95. The molecule has 8 heteroatoms. The van der Waals surface area contributed by atoms with Crippen molar-refractivity contribution >= 4 is 62.7 Å². The molecule has 0 atom stereocenters. The van der Waals surface area contributed by atoms with Crippen molar-refractivity contribution in [2.75, 3.05) is 6.66 Å². The number of nitrogens with zero attached hydrogens (tertiary/aromatic N) is 2. The van der Waals surface area contributed by atoms with E-state index < -0.39 is 7.26 Å². The Labute approximate surface area is 212 Å². The fourth-order valence-electron chi connectivity index (χ4n) is 4.02. The summed E-state index contributed by atoms with van der Waals surface area (Å²) < 4.78 is 1.89. The average molecular weight is 532 g/mol. The summed E-state index contributed by atoms with van der Waals surface area (Å²) in [7, 11) is -2.05. The molecular formula is C25H18Cl3N2OPS. The van der Waals surface area contributed by atoms with Gasteiger partial charge in [0.2, 0.25) is 0 Å². The normalized spacial score (nSPS) is 11.4. The summed E-state index contributed by atoms with van der Waals surface area (Å²) in [6.45, 7) is 2.30. The zero-order chi connectivity index (χ0) is 22.3. The molecule has 0 aliphatic heterocycles. The summed E-state index contributed by atoms with van der Waals surface area (Å²) in [6.07, 6.45) is 1.56. The quantitative estimate of drug-likeness (QED) is 0.334. The van der Waals surface area contributed by atoms with Crippen molar-refractivity contribution in [2.45, 2.75) is 0 Å². The maximum absolute atomic E-state index is 13.0. The lowest BCUT2D eigenvalue weighted by Crippen LogP contribution is -3.00. The molecule has 0 radical (unpaired) electrons. The molecule has 166 valence electrons. The van der Waals surface area contributed by atoms with Gasteiger partial charge in [-0.15, -0.1) is 0 Å². The van der Waals surface area contributed by atoms with Crippen LogP contribution in [0.3, 0.4) is 0 Å². The van der Waals surface area contributed by atoms with Crippen molar-refractivity contribution in [3.8, 4) is 11.3 Å². The van der Waals surface area contributed by atoms with Crippen LogP contribution in [-0.4, -0.2) is 16.0 Å². The van der Waals surface area contributed by atoms with Gasteiger partial charge in [-0.05, 0) is 36.4 Å². The molecule has 0 bridgehead atoms. The molecule has 0 amide bonds. The van der Waals surface area contributed by atoms with Crippen LogP contribution in [0.4, 0.5) is 0 Å². The average Bonchev–Trinajstić information content (AvgIpc) is 3.22. The summed E-state index contributed by atoms with van der Waals surface area (Å²) in [6, 6.07) is 29.1. The first-order chi connectivity index (χ1) is 15.5. The van der Waals surface area contributed by atoms with Gasteiger partial charge in [-0.1, -0.05) is 83.1 Å². The molecule has 3 aromatic carbocycles. The lowest BCUT2D eigenvalue weighted by atomic mass is 10.1. The Morgan fingerprint density at radius 1 is 0.848 bits per heavy atom. The van der Waals surface area contributed by atoms with Gasteiger partial charge in [0.1, 0.15) is 38.2 Å². The fourth-order valence-corrected chi connectivity index (χ4v) is 8.70. The van der Waals surface area contributed by atoms with Crippen molar-refractivity contribution in [1.82, 2.24) is 9.38 Å². The third-order valence-corrected chi connectivity index (χ3v) is 11.1. The van der Waals surface area contributed by atoms with Crippen molar-refractivity contribution < 1.29 is 12.4 Å². The molecule has 0 N–H and O–H groups in total. The van der Waals surface area contributed by atoms with E-state index in [1.807, 2.05) is 30.3 Å². The van der Waals surface area contributed by atoms with Gasteiger partial charge in [0, 0.05) is 11.8 Å². The Hall–Kier alpha value is -2.20. The maximum atomic E-state index is 13.0. The number of thiazole rings is 1. The fraction of sp³-hybridized carbons (Fsp3) is 0.0400. The number of benzene rings is 3. The second-order valence-corrected chi connectivity index (χ2v) is 13.0. The van der Waals surface area contributed by atoms with Crippen LogP contribution in [-0.2, 0) is 0 Å². The van der Waals surface area contributed by atoms with Crippen molar-refractivity contribution in [1.29, 1.82) is 0 Å². The van der Waals surface area contributed by atoms with E-state index in [0.717, 1.165) is 10.9 Å². The number of rotatable bonds is 4. The predicted octanol–water partition coefficient (Wildman–Crippen LogP) is 2.66. The number of halogens is 3. The lowest BCUT2D eigenvalue weighted by Gasteiger charge is -2.25. The molecule has 33 heavy (non-hydrogen) atoms. The van der Waals surface area contributed by atoms with E-state index in [9.17, 15) is 4.79 Å². The van der Waals surface area contributed by atoms with Gasteiger partial charge >= 0.3 is 0 Å². The molecule has 0 fully saturated rings. The van der Waals surface area contributed by atoms with E-state index >= 15 is 0 Å². The van der Waals surface area contributed by atoms with Crippen molar-refractivity contribution in [3.63, 3.8) is 0 Å². The van der Waals surface area contributed by atoms with Gasteiger partial charge in [-0.25, -0.2) is 4.98 Å². The zero-order valence-electron chi connectivity index (χ0n) is 17.5. The first-order valence-corrected chi connectivity index (χ1v) is 13.8. The summed E-state index contributed by atoms with van der Waals surface area (Å²) in [4.78, 5) is 18.3. The van der Waals surface area contributed by atoms with Crippen LogP contribution in [0.15, 0.2) is 95.9 Å². The van der Waals surface area contributed by atoms with E-state index in [-0.39, 0.29) is 23.0 Å². The van der Waals surface area contributed by atoms with E-state index in [1.165, 1.54) is 26.3 Å². The summed E-state index contributed by atoms with van der Waals surface area (Å²) >= 11 is 14.0. The largest absolute Gasteiger partial charge is 1.00 e. The van der Waals surface area contributed by atoms with Crippen LogP contribution >= 0.6 is 41.8 Å². The maximum Gasteiger partial charge on any atom is 0.277 e. The van der Waals surface area contributed by atoms with E-state index in [4.69, 9.17) is 28.2 Å². The molecule has 0 aliphatic rings. The highest BCUT2D eigenvalue weighted by molar-refractivity contribution is 7.95. The molecular weight excluding hydrogens is 514 g/mol. The van der Waals surface area contributed by atoms with E-state index in [0.29, 0.717) is 15.0 Å². The summed E-state index contributed by atoms with van der Waals surface area (Å²) in [5.74, 6) is 0. The molecule has 2 heterocycles. The van der Waals surface area contributed by atoms with Gasteiger partial charge in [0.05, 0.1) is 6.66 Å². The van der Waals surface area contributed by atoms with Gasteiger partial charge in [-0.3, -0.25) is 9.20 Å². The van der Waals surface area contributed by atoms with E-state index in [1.54, 1.807) is 6.20 Å². The standard InChI is InChI=1S/C25H18Cl2N2OPS.ClH/c1-31(17-10-4-2-5-11-17,18-12-6-3-7-13-18)20-15-9-8-14-19(20)23-22(27)24(30)29-16-21(26)32-25(29)28-23;/h2-16H,1H3;1H/q+1;/p-1. The Morgan fingerprint density at radius 2 is 1.39 bits per heavy atom. The molecule has 5 rings (SSSR count). The highest BCUT2D eigenvalue weighted by Gasteiger charge is 2.42. The molecule has 2 aromatic heterocycles. The minimum atomic E-state index is -2.05. The number of aromatic nitrogens is 2. The van der Waals surface area contributed by atoms with Crippen molar-refractivity contribution in [2.24, 2.45) is 0 Å². The second-order valence-electron chi connectivity index (χ2n) is 7.46. The zero-order valence-corrected chi connectivity index (χ0v) is 21.4. The Kier molecular flexibility index (Phi) is 6.95. The molecule has 0 saturated heterocycles. The Bertz CT molecular complexity index is 1450. The van der Waals surface area contributed by atoms with Crippen LogP contribution in [0.25, 0.3) is 16.2 Å². The van der Waals surface area contributed by atoms with Gasteiger partial charge in [0.25, 0.3) is 5.56 Å². The molecule has 0 saturated carbocycles. The number of hydrogen-bond acceptors (Lipinski definition) is 3. The summed E-state index contributed by atoms with van der Waals surface area (Å²) in [5.41, 5.74) is 1.04. The minimum absolute atomic E-state index is 0. The van der Waals surface area contributed by atoms with Gasteiger partial charge in [0.15, 0.2) is 4.96 Å². The smallest absolute Gasteiger partial charge is 0.277 e. The SMILES string of the molecule is C[P+](c1ccccc1)(c1ccccc1)c1ccccc1-c1nc2sc(Cl)cn2c(=O)c1Cl.[Cl-]. The summed E-state index contributed by atoms with van der Waals surface area (Å²) in [5, 5.41) is 3.70. The van der Waals surface area contributed by atoms with Gasteiger partial charge < -0.3 is 12.4 Å². The predicted molar refractivity (Wildman–Crippen MR) is 139 cm³/mol. The third kappa shape index (κ3) is 4.12. The van der Waals surface area contributed by atoms with Crippen LogP contribution in [0, 0.1) is 0 Å². The third-order valence-electron chi connectivity index (χ3n) is 5.63. The number of fused-ring (bicyclic) bond motifs is 1. The number of hydrogen-bond donors (Lipinski definition) is 0. The highest BCUT2D eigenvalue weighted by Crippen LogP contribution is 2.53. The Morgan fingerprint density at radius 3 is 2.00 bits per heavy atom. The lowest BCUT2D eigenvalue weighted by molar-refractivity contribution is -0.00000607. The van der Waals surface area contributed by atoms with Crippen LogP contribution < -0.4 is 33.9 Å². The van der Waals surface area contributed by atoms with Crippen molar-refractivity contribution in [3.05, 3.63) is 111 Å². The molecule has 0 unspecified atom stereocenters. The van der Waals surface area contributed by atoms with E-state index in [2.05, 4.69) is 61.3 Å². The molecule has 5 aromatic rings. The monoisotopic (exact) mass is 530 g/mol.